The van der Waals surface area contributed by atoms with Crippen molar-refractivity contribution in [2.45, 2.75) is 19.3 Å². The lowest BCUT2D eigenvalue weighted by Gasteiger charge is -2.22. The number of fused-ring (bicyclic) bond motifs is 1. The molecule has 3 aromatic heterocycles. The number of anilines is 1. The predicted octanol–water partition coefficient (Wildman–Crippen LogP) is 3.00. The van der Waals surface area contributed by atoms with Crippen LogP contribution in [0, 0.1) is 6.92 Å². The molecular weight excluding hydrogens is 370 g/mol. The van der Waals surface area contributed by atoms with Crippen molar-refractivity contribution in [1.82, 2.24) is 20.0 Å². The van der Waals surface area contributed by atoms with Crippen LogP contribution in [0.1, 0.15) is 29.4 Å². The Hall–Kier alpha value is -3.94. The summed E-state index contributed by atoms with van der Waals surface area (Å²) in [5, 5.41) is 13.8. The van der Waals surface area contributed by atoms with Crippen LogP contribution in [0.15, 0.2) is 63.8 Å². The van der Waals surface area contributed by atoms with Crippen LogP contribution < -0.4 is 10.9 Å². The minimum absolute atomic E-state index is 0.134. The molecule has 4 heterocycles. The number of amides is 1. The molecule has 0 saturated carbocycles. The molecule has 29 heavy (non-hydrogen) atoms. The fourth-order valence-corrected chi connectivity index (χ4v) is 3.71. The number of hydrogen-bond donors (Lipinski definition) is 2. The predicted molar refractivity (Wildman–Crippen MR) is 106 cm³/mol. The Morgan fingerprint density at radius 3 is 2.66 bits per heavy atom. The van der Waals surface area contributed by atoms with Crippen LogP contribution in [-0.2, 0) is 4.79 Å². The first-order chi connectivity index (χ1) is 14.1. The number of nitrogens with zero attached hydrogens (tertiary/aromatic N) is 3. The van der Waals surface area contributed by atoms with Crippen LogP contribution in [0.5, 0.6) is 0 Å². The molecule has 0 spiro atoms. The lowest BCUT2D eigenvalue weighted by Crippen LogP contribution is -2.25. The number of carbonyl (C=O) groups excluding carboxylic acids is 1. The fourth-order valence-electron chi connectivity index (χ4n) is 3.71. The van der Waals surface area contributed by atoms with E-state index in [1.54, 1.807) is 6.07 Å². The maximum absolute atomic E-state index is 12.5. The number of aromatic nitrogens is 4. The average molecular weight is 387 g/mol. The second-order valence-corrected chi connectivity index (χ2v) is 6.91. The summed E-state index contributed by atoms with van der Waals surface area (Å²) in [7, 11) is 0. The zero-order valence-corrected chi connectivity index (χ0v) is 15.5. The molecule has 5 rings (SSSR count). The van der Waals surface area contributed by atoms with E-state index >= 15 is 0 Å². The quantitative estimate of drug-likeness (QED) is 0.562. The normalized spacial score (nSPS) is 15.8. The van der Waals surface area contributed by atoms with Crippen molar-refractivity contribution >= 4 is 11.7 Å². The Bertz CT molecular complexity index is 1250. The number of rotatable bonds is 3. The standard InChI is InChI=1S/C21H17N5O3/c1-12-20-14(16-8-7-15(29-16)13-5-3-2-4-6-13)11-19(28)22-21(20)26(25-12)17-9-10-18(27)24-23-17/h2-10,14H,11H2,1H3,(H,22,28)(H,24,27)/t14-/m1/s1. The topological polar surface area (TPSA) is 106 Å². The van der Waals surface area contributed by atoms with Crippen LogP contribution in [0.3, 0.4) is 0 Å². The highest BCUT2D eigenvalue weighted by Gasteiger charge is 2.34. The first-order valence-corrected chi connectivity index (χ1v) is 9.21. The molecule has 8 nitrogen and oxygen atoms in total. The molecule has 0 aliphatic carbocycles. The maximum atomic E-state index is 12.5. The average Bonchev–Trinajstić information content (AvgIpc) is 3.34. The summed E-state index contributed by atoms with van der Waals surface area (Å²) in [6.07, 6.45) is 0.264. The molecule has 0 saturated heterocycles. The number of benzene rings is 1. The SMILES string of the molecule is Cc1nn(-c2ccc(=O)[nH]n2)c2c1[C@@H](c1ccc(-c3ccccc3)o1)CC(=O)N2. The van der Waals surface area contributed by atoms with Crippen molar-refractivity contribution < 1.29 is 9.21 Å². The summed E-state index contributed by atoms with van der Waals surface area (Å²) in [5.74, 6) is 2.02. The summed E-state index contributed by atoms with van der Waals surface area (Å²) in [6, 6.07) is 16.6. The Balaban J connectivity index is 1.60. The molecule has 1 amide bonds. The van der Waals surface area contributed by atoms with E-state index in [9.17, 15) is 9.59 Å². The lowest BCUT2D eigenvalue weighted by molar-refractivity contribution is -0.116. The highest BCUT2D eigenvalue weighted by Crippen LogP contribution is 2.41. The van der Waals surface area contributed by atoms with Crippen molar-refractivity contribution in [3.63, 3.8) is 0 Å². The van der Waals surface area contributed by atoms with Gasteiger partial charge in [0.15, 0.2) is 5.82 Å². The third kappa shape index (κ3) is 2.94. The zero-order chi connectivity index (χ0) is 20.0. The smallest absolute Gasteiger partial charge is 0.264 e. The molecule has 144 valence electrons. The van der Waals surface area contributed by atoms with Crippen molar-refractivity contribution in [1.29, 1.82) is 0 Å². The fraction of sp³-hybridized carbons (Fsp3) is 0.143. The summed E-state index contributed by atoms with van der Waals surface area (Å²) >= 11 is 0. The van der Waals surface area contributed by atoms with Crippen molar-refractivity contribution in [3.8, 4) is 17.1 Å². The van der Waals surface area contributed by atoms with Crippen molar-refractivity contribution in [2.24, 2.45) is 0 Å². The molecule has 0 bridgehead atoms. The second-order valence-electron chi connectivity index (χ2n) is 6.91. The summed E-state index contributed by atoms with van der Waals surface area (Å²) < 4.78 is 7.65. The Labute approximate surface area is 165 Å². The van der Waals surface area contributed by atoms with Gasteiger partial charge in [-0.3, -0.25) is 9.59 Å². The molecule has 1 aliphatic rings. The minimum atomic E-state index is -0.308. The Kier molecular flexibility index (Phi) is 3.90. The van der Waals surface area contributed by atoms with Crippen molar-refractivity contribution in [2.75, 3.05) is 5.32 Å². The van der Waals surface area contributed by atoms with Crippen LogP contribution >= 0.6 is 0 Å². The third-order valence-corrected chi connectivity index (χ3v) is 5.01. The summed E-state index contributed by atoms with van der Waals surface area (Å²) in [6.45, 7) is 1.88. The van der Waals surface area contributed by atoms with Gasteiger partial charge in [-0.1, -0.05) is 30.3 Å². The van der Waals surface area contributed by atoms with E-state index in [2.05, 4.69) is 20.6 Å². The van der Waals surface area contributed by atoms with Crippen LogP contribution in [0.2, 0.25) is 0 Å². The van der Waals surface area contributed by atoms with Crippen molar-refractivity contribution in [3.05, 3.63) is 82.0 Å². The number of aromatic amines is 1. The van der Waals surface area contributed by atoms with E-state index in [4.69, 9.17) is 4.42 Å². The molecule has 1 aromatic carbocycles. The van der Waals surface area contributed by atoms with E-state index in [0.29, 0.717) is 17.4 Å². The van der Waals surface area contributed by atoms with Gasteiger partial charge in [-0.15, -0.1) is 0 Å². The zero-order valence-electron chi connectivity index (χ0n) is 15.5. The minimum Gasteiger partial charge on any atom is -0.460 e. The van der Waals surface area contributed by atoms with Gasteiger partial charge in [0, 0.05) is 23.6 Å². The molecule has 0 unspecified atom stereocenters. The van der Waals surface area contributed by atoms with Gasteiger partial charge in [0.05, 0.1) is 11.6 Å². The maximum Gasteiger partial charge on any atom is 0.264 e. The molecule has 1 atom stereocenters. The monoisotopic (exact) mass is 387 g/mol. The van der Waals surface area contributed by atoms with Crippen LogP contribution in [0.4, 0.5) is 5.82 Å². The number of carbonyl (C=O) groups is 1. The molecular formula is C21H17N5O3. The Morgan fingerprint density at radius 1 is 1.07 bits per heavy atom. The molecule has 1 aliphatic heterocycles. The Morgan fingerprint density at radius 2 is 1.90 bits per heavy atom. The molecule has 0 radical (unpaired) electrons. The van der Waals surface area contributed by atoms with Crippen LogP contribution in [0.25, 0.3) is 17.1 Å². The number of hydrogen-bond acceptors (Lipinski definition) is 5. The summed E-state index contributed by atoms with van der Waals surface area (Å²) in [4.78, 5) is 23.8. The van der Waals surface area contributed by atoms with Gasteiger partial charge < -0.3 is 9.73 Å². The van der Waals surface area contributed by atoms with Gasteiger partial charge >= 0.3 is 0 Å². The first-order valence-electron chi connectivity index (χ1n) is 9.21. The van der Waals surface area contributed by atoms with Gasteiger partial charge in [-0.25, -0.2) is 5.10 Å². The van der Waals surface area contributed by atoms with Gasteiger partial charge in [-0.2, -0.15) is 14.9 Å². The number of aryl methyl sites for hydroxylation is 1. The molecule has 4 aromatic rings. The first kappa shape index (κ1) is 17.2. The van der Waals surface area contributed by atoms with E-state index in [1.165, 1.54) is 10.7 Å². The highest BCUT2D eigenvalue weighted by atomic mass is 16.3. The van der Waals surface area contributed by atoms with E-state index < -0.39 is 0 Å². The second kappa shape index (κ2) is 6.59. The molecule has 8 heteroatoms. The number of furan rings is 1. The molecule has 0 fully saturated rings. The molecule has 2 N–H and O–H groups in total. The number of nitrogens with one attached hydrogen (secondary N) is 2. The third-order valence-electron chi connectivity index (χ3n) is 5.01. The van der Waals surface area contributed by atoms with Crippen LogP contribution in [-0.4, -0.2) is 25.9 Å². The van der Waals surface area contributed by atoms with Gasteiger partial charge in [-0.05, 0) is 25.1 Å². The van der Waals surface area contributed by atoms with Gasteiger partial charge in [0.2, 0.25) is 5.91 Å². The summed E-state index contributed by atoms with van der Waals surface area (Å²) in [5.41, 5.74) is 2.31. The number of H-pyrrole nitrogens is 1. The van der Waals surface area contributed by atoms with E-state index in [-0.39, 0.29) is 23.8 Å². The van der Waals surface area contributed by atoms with Gasteiger partial charge in [0.25, 0.3) is 5.56 Å². The lowest BCUT2D eigenvalue weighted by atomic mass is 9.90. The highest BCUT2D eigenvalue weighted by molar-refractivity contribution is 5.94. The largest absolute Gasteiger partial charge is 0.460 e. The van der Waals surface area contributed by atoms with E-state index in [0.717, 1.165) is 22.6 Å². The van der Waals surface area contributed by atoms with Gasteiger partial charge in [0.1, 0.15) is 17.3 Å². The van der Waals surface area contributed by atoms with E-state index in [1.807, 2.05) is 49.4 Å².